The molecule has 0 spiro atoms. The summed E-state index contributed by atoms with van der Waals surface area (Å²) in [6, 6.07) is 6.55. The Kier molecular flexibility index (Phi) is 5.75. The molecule has 0 N–H and O–H groups in total. The molecule has 0 aliphatic rings. The van der Waals surface area contributed by atoms with E-state index in [0.717, 1.165) is 16.6 Å². The number of hydrogen-bond acceptors (Lipinski definition) is 1. The van der Waals surface area contributed by atoms with Gasteiger partial charge in [0.2, 0.25) is 0 Å². The molecule has 1 aromatic carbocycles. The van der Waals surface area contributed by atoms with Gasteiger partial charge in [0.25, 0.3) is 0 Å². The molecule has 1 rings (SSSR count). The van der Waals surface area contributed by atoms with E-state index in [1.807, 2.05) is 0 Å². The zero-order valence-corrected chi connectivity index (χ0v) is 15.4. The molecule has 0 saturated carbocycles. The second-order valence-corrected chi connectivity index (χ2v) is 15.0. The van der Waals surface area contributed by atoms with E-state index in [9.17, 15) is 0 Å². The summed E-state index contributed by atoms with van der Waals surface area (Å²) in [5.74, 6) is 0. The molecule has 2 heteroatoms. The van der Waals surface area contributed by atoms with E-state index in [0.29, 0.717) is 0 Å². The van der Waals surface area contributed by atoms with E-state index in [-0.39, 0.29) is 0 Å². The average Bonchev–Trinajstić information content (AvgIpc) is 2.29. The maximum absolute atomic E-state index is 4.15. The fraction of sp³-hybridized carbons (Fsp3) is 0.588. The first kappa shape index (κ1) is 16.8. The van der Waals surface area contributed by atoms with Gasteiger partial charge in [0, 0.05) is 4.90 Å². The molecule has 0 amide bonds. The summed E-state index contributed by atoms with van der Waals surface area (Å²) in [5.41, 5.74) is 4.89. The predicted octanol–water partition coefficient (Wildman–Crippen LogP) is 6.44. The SMILES string of the molecule is [CH2]c1cccc(S[Si](C(C)C)(C(C)C)C(C)C)c1C. The van der Waals surface area contributed by atoms with E-state index < -0.39 is 7.22 Å². The summed E-state index contributed by atoms with van der Waals surface area (Å²) in [6.07, 6.45) is 0. The highest BCUT2D eigenvalue weighted by Crippen LogP contribution is 2.52. The van der Waals surface area contributed by atoms with Gasteiger partial charge in [0.15, 0.2) is 0 Å². The molecule has 0 fully saturated rings. The highest BCUT2D eigenvalue weighted by molar-refractivity contribution is 8.29. The normalized spacial score (nSPS) is 12.8. The van der Waals surface area contributed by atoms with Crippen LogP contribution < -0.4 is 0 Å². The summed E-state index contributed by atoms with van der Waals surface area (Å²) < 4.78 is 0. The van der Waals surface area contributed by atoms with Crippen LogP contribution in [0.1, 0.15) is 52.7 Å². The van der Waals surface area contributed by atoms with Crippen molar-refractivity contribution >= 4 is 18.4 Å². The van der Waals surface area contributed by atoms with Gasteiger partial charge in [-0.25, -0.2) is 0 Å². The van der Waals surface area contributed by atoms with Crippen LogP contribution >= 0.6 is 11.2 Å². The minimum Gasteiger partial charge on any atom is -0.150 e. The van der Waals surface area contributed by atoms with Gasteiger partial charge in [-0.15, -0.1) is 11.2 Å². The number of rotatable bonds is 5. The molecular formula is C17H29SSi. The van der Waals surface area contributed by atoms with Crippen molar-refractivity contribution in [3.05, 3.63) is 36.2 Å². The van der Waals surface area contributed by atoms with Crippen molar-refractivity contribution in [2.45, 2.75) is 70.0 Å². The van der Waals surface area contributed by atoms with Gasteiger partial charge >= 0.3 is 0 Å². The number of benzene rings is 1. The Hall–Kier alpha value is -0.213. The van der Waals surface area contributed by atoms with Gasteiger partial charge in [-0.1, -0.05) is 53.7 Å². The summed E-state index contributed by atoms with van der Waals surface area (Å²) in [6.45, 7) is 20.9. The Morgan fingerprint density at radius 3 is 1.84 bits per heavy atom. The Balaban J connectivity index is 3.25. The van der Waals surface area contributed by atoms with Gasteiger partial charge in [-0.05, 0) is 47.7 Å². The number of hydrogen-bond donors (Lipinski definition) is 0. The van der Waals surface area contributed by atoms with E-state index in [4.69, 9.17) is 0 Å². The second-order valence-electron chi connectivity index (χ2n) is 6.46. The van der Waals surface area contributed by atoms with Crippen LogP contribution in [-0.2, 0) is 0 Å². The van der Waals surface area contributed by atoms with Crippen molar-refractivity contribution in [2.75, 3.05) is 0 Å². The third kappa shape index (κ3) is 3.28. The van der Waals surface area contributed by atoms with E-state index in [2.05, 4.69) is 84.8 Å². The van der Waals surface area contributed by atoms with Crippen LogP contribution in [0.4, 0.5) is 0 Å². The molecule has 0 saturated heterocycles. The summed E-state index contributed by atoms with van der Waals surface area (Å²) >= 11 is 2.20. The highest BCUT2D eigenvalue weighted by Gasteiger charge is 2.44. The Morgan fingerprint density at radius 2 is 1.42 bits per heavy atom. The lowest BCUT2D eigenvalue weighted by Crippen LogP contribution is -2.41. The quantitative estimate of drug-likeness (QED) is 0.562. The van der Waals surface area contributed by atoms with E-state index in [1.54, 1.807) is 0 Å². The van der Waals surface area contributed by atoms with Crippen LogP contribution in [0.15, 0.2) is 23.1 Å². The van der Waals surface area contributed by atoms with E-state index >= 15 is 0 Å². The lowest BCUT2D eigenvalue weighted by Gasteiger charge is -2.42. The molecular weight excluding hydrogens is 264 g/mol. The summed E-state index contributed by atoms with van der Waals surface area (Å²) in [7, 11) is -1.43. The molecule has 1 aromatic rings. The average molecular weight is 294 g/mol. The summed E-state index contributed by atoms with van der Waals surface area (Å²) in [5, 5.41) is 0. The molecule has 107 valence electrons. The maximum atomic E-state index is 4.15. The van der Waals surface area contributed by atoms with Crippen molar-refractivity contribution < 1.29 is 0 Å². The fourth-order valence-electron chi connectivity index (χ4n) is 3.31. The summed E-state index contributed by atoms with van der Waals surface area (Å²) in [4.78, 5) is 1.45. The molecule has 0 heterocycles. The van der Waals surface area contributed by atoms with Crippen LogP contribution in [0.2, 0.25) is 16.6 Å². The maximum Gasteiger partial charge on any atom is 0.131 e. The highest BCUT2D eigenvalue weighted by atomic mass is 32.4. The molecule has 0 bridgehead atoms. The second kappa shape index (κ2) is 6.49. The Morgan fingerprint density at radius 1 is 0.947 bits per heavy atom. The predicted molar refractivity (Wildman–Crippen MR) is 92.5 cm³/mol. The first-order valence-electron chi connectivity index (χ1n) is 7.34. The van der Waals surface area contributed by atoms with Crippen molar-refractivity contribution in [2.24, 2.45) is 0 Å². The smallest absolute Gasteiger partial charge is 0.131 e. The molecule has 0 aromatic heterocycles. The van der Waals surface area contributed by atoms with Gasteiger partial charge in [0.1, 0.15) is 7.22 Å². The van der Waals surface area contributed by atoms with Crippen molar-refractivity contribution in [3.63, 3.8) is 0 Å². The topological polar surface area (TPSA) is 0 Å². The Labute approximate surface area is 125 Å². The fourth-order valence-corrected chi connectivity index (χ4v) is 12.8. The molecule has 19 heavy (non-hydrogen) atoms. The molecule has 0 unspecified atom stereocenters. The van der Waals surface area contributed by atoms with Crippen molar-refractivity contribution in [3.8, 4) is 0 Å². The minimum absolute atomic E-state index is 0.783. The standard InChI is InChI=1S/C17H29SSi/c1-12(2)19(13(3)4,14(5)6)18-17-11-9-10-15(7)16(17)8/h9-14H,7H2,1-6,8H3. The van der Waals surface area contributed by atoms with Crippen molar-refractivity contribution in [1.82, 2.24) is 0 Å². The van der Waals surface area contributed by atoms with Gasteiger partial charge < -0.3 is 0 Å². The molecule has 0 aliphatic heterocycles. The minimum atomic E-state index is -1.43. The molecule has 0 nitrogen and oxygen atoms in total. The van der Waals surface area contributed by atoms with Crippen LogP contribution in [0.25, 0.3) is 0 Å². The van der Waals surface area contributed by atoms with E-state index in [1.165, 1.54) is 16.0 Å². The van der Waals surface area contributed by atoms with Gasteiger partial charge in [-0.2, -0.15) is 0 Å². The lowest BCUT2D eigenvalue weighted by atomic mass is 10.1. The molecule has 0 aliphatic carbocycles. The van der Waals surface area contributed by atoms with Gasteiger partial charge in [-0.3, -0.25) is 0 Å². The zero-order chi connectivity index (χ0) is 14.8. The largest absolute Gasteiger partial charge is 0.150 e. The lowest BCUT2D eigenvalue weighted by molar-refractivity contribution is 0.851. The van der Waals surface area contributed by atoms with Crippen LogP contribution in [0, 0.1) is 13.8 Å². The molecule has 0 atom stereocenters. The van der Waals surface area contributed by atoms with Gasteiger partial charge in [0.05, 0.1) is 0 Å². The third-order valence-electron chi connectivity index (χ3n) is 4.39. The third-order valence-corrected chi connectivity index (χ3v) is 16.8. The molecule has 1 radical (unpaired) electrons. The van der Waals surface area contributed by atoms with Crippen LogP contribution in [-0.4, -0.2) is 7.22 Å². The first-order chi connectivity index (χ1) is 8.73. The van der Waals surface area contributed by atoms with Crippen molar-refractivity contribution in [1.29, 1.82) is 0 Å². The Bertz CT molecular complexity index is 399. The zero-order valence-electron chi connectivity index (χ0n) is 13.6. The van der Waals surface area contributed by atoms with Crippen LogP contribution in [0.3, 0.4) is 0 Å². The van der Waals surface area contributed by atoms with Crippen LogP contribution in [0.5, 0.6) is 0 Å². The monoisotopic (exact) mass is 293 g/mol. The first-order valence-corrected chi connectivity index (χ1v) is 11.1.